The fraction of sp³-hybridized carbons (Fsp3) is 0.381. The minimum absolute atomic E-state index is 0.110. The third kappa shape index (κ3) is 5.07. The van der Waals surface area contributed by atoms with E-state index in [-0.39, 0.29) is 6.54 Å². The lowest BCUT2D eigenvalue weighted by molar-refractivity contribution is -0.138. The summed E-state index contributed by atoms with van der Waals surface area (Å²) in [6.45, 7) is 2.89. The molecule has 2 aromatic carbocycles. The van der Waals surface area contributed by atoms with Crippen molar-refractivity contribution in [3.63, 3.8) is 0 Å². The SMILES string of the molecule is CN(CC(=O)O)C1CCN(Cc2ccccc2Oc2ccccc2)CC1. The monoisotopic (exact) mass is 354 g/mol. The third-order valence-corrected chi connectivity index (χ3v) is 4.90. The van der Waals surface area contributed by atoms with E-state index in [0.29, 0.717) is 6.04 Å². The maximum absolute atomic E-state index is 10.9. The number of aliphatic carboxylic acids is 1. The second kappa shape index (κ2) is 8.83. The van der Waals surface area contributed by atoms with Crippen LogP contribution in [0.3, 0.4) is 0 Å². The van der Waals surface area contributed by atoms with Crippen LogP contribution in [0.15, 0.2) is 54.6 Å². The minimum Gasteiger partial charge on any atom is -0.480 e. The first kappa shape index (κ1) is 18.4. The molecule has 0 bridgehead atoms. The zero-order valence-corrected chi connectivity index (χ0v) is 15.2. The summed E-state index contributed by atoms with van der Waals surface area (Å²) in [5.41, 5.74) is 1.17. The minimum atomic E-state index is -0.762. The zero-order chi connectivity index (χ0) is 18.4. The summed E-state index contributed by atoms with van der Waals surface area (Å²) in [5, 5.41) is 8.95. The lowest BCUT2D eigenvalue weighted by Crippen LogP contribution is -2.44. The zero-order valence-electron chi connectivity index (χ0n) is 15.2. The number of piperidine rings is 1. The molecule has 0 aromatic heterocycles. The van der Waals surface area contributed by atoms with Gasteiger partial charge in [-0.1, -0.05) is 36.4 Å². The van der Waals surface area contributed by atoms with Crippen LogP contribution in [0, 0.1) is 0 Å². The molecular formula is C21H26N2O3. The Balaban J connectivity index is 1.58. The van der Waals surface area contributed by atoms with Crippen molar-refractivity contribution >= 4 is 5.97 Å². The number of benzene rings is 2. The van der Waals surface area contributed by atoms with Crippen LogP contribution in [0.5, 0.6) is 11.5 Å². The van der Waals surface area contributed by atoms with Gasteiger partial charge in [0.15, 0.2) is 0 Å². The summed E-state index contributed by atoms with van der Waals surface area (Å²) < 4.78 is 6.05. The van der Waals surface area contributed by atoms with E-state index in [1.807, 2.05) is 60.5 Å². The Labute approximate surface area is 154 Å². The number of likely N-dealkylation sites (tertiary alicyclic amines) is 1. The Kier molecular flexibility index (Phi) is 6.26. The van der Waals surface area contributed by atoms with Gasteiger partial charge in [-0.05, 0) is 51.2 Å². The molecule has 5 heteroatoms. The summed E-state index contributed by atoms with van der Waals surface area (Å²) in [7, 11) is 1.90. The van der Waals surface area contributed by atoms with E-state index in [1.54, 1.807) is 0 Å². The van der Waals surface area contributed by atoms with E-state index in [0.717, 1.165) is 44.0 Å². The molecule has 1 saturated heterocycles. The second-order valence-corrected chi connectivity index (χ2v) is 6.84. The second-order valence-electron chi connectivity index (χ2n) is 6.84. The lowest BCUT2D eigenvalue weighted by atomic mass is 10.0. The van der Waals surface area contributed by atoms with Gasteiger partial charge < -0.3 is 9.84 Å². The summed E-state index contributed by atoms with van der Waals surface area (Å²) >= 11 is 0. The summed E-state index contributed by atoms with van der Waals surface area (Å²) in [5.74, 6) is 0.972. The number of hydrogen-bond donors (Lipinski definition) is 1. The average Bonchev–Trinajstić information content (AvgIpc) is 2.64. The van der Waals surface area contributed by atoms with Crippen LogP contribution in [0.25, 0.3) is 0 Å². The molecule has 1 aliphatic heterocycles. The third-order valence-electron chi connectivity index (χ3n) is 4.90. The van der Waals surface area contributed by atoms with Crippen molar-refractivity contribution in [3.8, 4) is 11.5 Å². The molecule has 0 atom stereocenters. The number of rotatable bonds is 7. The van der Waals surface area contributed by atoms with Gasteiger partial charge in [0.25, 0.3) is 0 Å². The molecule has 26 heavy (non-hydrogen) atoms. The van der Waals surface area contributed by atoms with E-state index < -0.39 is 5.97 Å². The highest BCUT2D eigenvalue weighted by molar-refractivity contribution is 5.69. The fourth-order valence-electron chi connectivity index (χ4n) is 3.45. The van der Waals surface area contributed by atoms with E-state index >= 15 is 0 Å². The number of carboxylic acid groups (broad SMARTS) is 1. The van der Waals surface area contributed by atoms with Crippen molar-refractivity contribution in [2.45, 2.75) is 25.4 Å². The molecule has 1 N–H and O–H groups in total. The smallest absolute Gasteiger partial charge is 0.317 e. The molecule has 2 aromatic rings. The number of carbonyl (C=O) groups is 1. The van der Waals surface area contributed by atoms with Gasteiger partial charge in [-0.3, -0.25) is 14.6 Å². The Morgan fingerprint density at radius 2 is 1.77 bits per heavy atom. The van der Waals surface area contributed by atoms with Gasteiger partial charge in [-0.2, -0.15) is 0 Å². The Bertz CT molecular complexity index is 712. The summed E-state index contributed by atoms with van der Waals surface area (Å²) in [6.07, 6.45) is 1.98. The van der Waals surface area contributed by atoms with Gasteiger partial charge in [-0.25, -0.2) is 0 Å². The first-order chi connectivity index (χ1) is 12.6. The van der Waals surface area contributed by atoms with Crippen molar-refractivity contribution in [1.82, 2.24) is 9.80 Å². The van der Waals surface area contributed by atoms with E-state index in [9.17, 15) is 4.79 Å². The molecule has 0 unspecified atom stereocenters. The first-order valence-electron chi connectivity index (χ1n) is 9.07. The van der Waals surface area contributed by atoms with Crippen LogP contribution in [0.2, 0.25) is 0 Å². The highest BCUT2D eigenvalue weighted by Crippen LogP contribution is 2.27. The predicted octanol–water partition coefficient (Wildman–Crippen LogP) is 3.46. The summed E-state index contributed by atoms with van der Waals surface area (Å²) in [4.78, 5) is 15.2. The summed E-state index contributed by atoms with van der Waals surface area (Å²) in [6, 6.07) is 18.3. The van der Waals surface area contributed by atoms with Crippen molar-refractivity contribution in [2.75, 3.05) is 26.7 Å². The fourth-order valence-corrected chi connectivity index (χ4v) is 3.45. The molecule has 3 rings (SSSR count). The average molecular weight is 354 g/mol. The van der Waals surface area contributed by atoms with E-state index in [2.05, 4.69) is 11.0 Å². The van der Waals surface area contributed by atoms with Crippen LogP contribution >= 0.6 is 0 Å². The topological polar surface area (TPSA) is 53.0 Å². The molecule has 138 valence electrons. The van der Waals surface area contributed by atoms with Crippen LogP contribution < -0.4 is 4.74 Å². The van der Waals surface area contributed by atoms with Gasteiger partial charge in [0.1, 0.15) is 11.5 Å². The van der Waals surface area contributed by atoms with Crippen molar-refractivity contribution in [3.05, 3.63) is 60.2 Å². The van der Waals surface area contributed by atoms with E-state index in [4.69, 9.17) is 9.84 Å². The molecule has 0 saturated carbocycles. The molecule has 0 radical (unpaired) electrons. The molecular weight excluding hydrogens is 328 g/mol. The van der Waals surface area contributed by atoms with Crippen molar-refractivity contribution < 1.29 is 14.6 Å². The normalized spacial score (nSPS) is 15.9. The Morgan fingerprint density at radius 1 is 1.12 bits per heavy atom. The van der Waals surface area contributed by atoms with E-state index in [1.165, 1.54) is 5.56 Å². The molecule has 1 aliphatic rings. The van der Waals surface area contributed by atoms with Crippen LogP contribution in [-0.2, 0) is 11.3 Å². The van der Waals surface area contributed by atoms with Crippen LogP contribution in [0.1, 0.15) is 18.4 Å². The lowest BCUT2D eigenvalue weighted by Gasteiger charge is -2.36. The maximum atomic E-state index is 10.9. The Morgan fingerprint density at radius 3 is 2.46 bits per heavy atom. The molecule has 5 nitrogen and oxygen atoms in total. The van der Waals surface area contributed by atoms with Gasteiger partial charge in [0.05, 0.1) is 6.54 Å². The maximum Gasteiger partial charge on any atom is 0.317 e. The first-order valence-corrected chi connectivity index (χ1v) is 9.07. The molecule has 1 heterocycles. The number of nitrogens with zero attached hydrogens (tertiary/aromatic N) is 2. The molecule has 1 fully saturated rings. The molecule has 0 aliphatic carbocycles. The van der Waals surface area contributed by atoms with Crippen LogP contribution in [-0.4, -0.2) is 53.6 Å². The highest BCUT2D eigenvalue weighted by Gasteiger charge is 2.24. The molecule has 0 amide bonds. The number of hydrogen-bond acceptors (Lipinski definition) is 4. The Hall–Kier alpha value is -2.37. The van der Waals surface area contributed by atoms with Gasteiger partial charge in [-0.15, -0.1) is 0 Å². The molecule has 0 spiro atoms. The van der Waals surface area contributed by atoms with Crippen molar-refractivity contribution in [2.24, 2.45) is 0 Å². The number of likely N-dealkylation sites (N-methyl/N-ethyl adjacent to an activating group) is 1. The van der Waals surface area contributed by atoms with Crippen molar-refractivity contribution in [1.29, 1.82) is 0 Å². The largest absolute Gasteiger partial charge is 0.480 e. The number of carboxylic acids is 1. The van der Waals surface area contributed by atoms with Gasteiger partial charge in [0, 0.05) is 18.2 Å². The predicted molar refractivity (Wildman–Crippen MR) is 102 cm³/mol. The van der Waals surface area contributed by atoms with Gasteiger partial charge >= 0.3 is 5.97 Å². The van der Waals surface area contributed by atoms with Gasteiger partial charge in [0.2, 0.25) is 0 Å². The highest BCUT2D eigenvalue weighted by atomic mass is 16.5. The standard InChI is InChI=1S/C21H26N2O3/c1-22(16-21(24)25)18-11-13-23(14-12-18)15-17-7-5-6-10-20(17)26-19-8-3-2-4-9-19/h2-10,18H,11-16H2,1H3,(H,24,25). The quantitative estimate of drug-likeness (QED) is 0.825. The number of para-hydroxylation sites is 2. The number of ether oxygens (including phenoxy) is 1. The van der Waals surface area contributed by atoms with Crippen LogP contribution in [0.4, 0.5) is 0 Å².